The van der Waals surface area contributed by atoms with Crippen LogP contribution in [0.25, 0.3) is 0 Å². The SMILES string of the molecule is CS(=O)(=O)OCCOc1cc(Br)cnc1Cl. The van der Waals surface area contributed by atoms with E-state index in [1.165, 1.54) is 6.20 Å². The van der Waals surface area contributed by atoms with Crippen LogP contribution in [0.2, 0.25) is 5.15 Å². The van der Waals surface area contributed by atoms with Gasteiger partial charge in [0, 0.05) is 10.7 Å². The van der Waals surface area contributed by atoms with E-state index < -0.39 is 10.1 Å². The summed E-state index contributed by atoms with van der Waals surface area (Å²) < 4.78 is 31.7. The molecular formula is C8H9BrClNO4S. The summed E-state index contributed by atoms with van der Waals surface area (Å²) in [6.45, 7) is 0.00655. The van der Waals surface area contributed by atoms with Crippen molar-refractivity contribution in [2.24, 2.45) is 0 Å². The van der Waals surface area contributed by atoms with E-state index in [9.17, 15) is 8.42 Å². The molecular weight excluding hydrogens is 322 g/mol. The molecule has 1 rings (SSSR count). The molecule has 0 aliphatic heterocycles. The van der Waals surface area contributed by atoms with E-state index in [4.69, 9.17) is 16.3 Å². The van der Waals surface area contributed by atoms with Crippen LogP contribution in [0.4, 0.5) is 0 Å². The van der Waals surface area contributed by atoms with Crippen LogP contribution in [0, 0.1) is 0 Å². The van der Waals surface area contributed by atoms with Crippen molar-refractivity contribution in [1.82, 2.24) is 4.98 Å². The first-order valence-electron chi connectivity index (χ1n) is 4.17. The largest absolute Gasteiger partial charge is 0.488 e. The minimum Gasteiger partial charge on any atom is -0.488 e. The predicted molar refractivity (Wildman–Crippen MR) is 63.2 cm³/mol. The van der Waals surface area contributed by atoms with Crippen molar-refractivity contribution in [3.8, 4) is 5.75 Å². The van der Waals surface area contributed by atoms with Gasteiger partial charge in [-0.1, -0.05) is 11.6 Å². The normalized spacial score (nSPS) is 11.4. The first-order valence-corrected chi connectivity index (χ1v) is 7.15. The fourth-order valence-electron chi connectivity index (χ4n) is 0.842. The van der Waals surface area contributed by atoms with E-state index in [-0.39, 0.29) is 18.4 Å². The van der Waals surface area contributed by atoms with Gasteiger partial charge < -0.3 is 4.74 Å². The third-order valence-corrected chi connectivity index (χ3v) is 2.72. The van der Waals surface area contributed by atoms with Gasteiger partial charge in [0.05, 0.1) is 6.26 Å². The quantitative estimate of drug-likeness (QED) is 0.468. The van der Waals surface area contributed by atoms with E-state index in [1.54, 1.807) is 6.07 Å². The van der Waals surface area contributed by atoms with Crippen LogP contribution in [0.5, 0.6) is 5.75 Å². The molecule has 1 aromatic rings. The molecule has 1 aromatic heterocycles. The molecule has 90 valence electrons. The molecule has 0 bridgehead atoms. The summed E-state index contributed by atoms with van der Waals surface area (Å²) in [4.78, 5) is 3.84. The molecule has 0 saturated heterocycles. The maximum absolute atomic E-state index is 10.6. The standard InChI is InChI=1S/C8H9BrClNO4S/c1-16(12,13)15-3-2-14-7-4-6(9)5-11-8(7)10/h4-5H,2-3H2,1H3. The number of ether oxygens (including phenoxy) is 1. The second-order valence-corrected chi connectivity index (χ2v) is 5.73. The van der Waals surface area contributed by atoms with Crippen molar-refractivity contribution in [3.05, 3.63) is 21.9 Å². The molecule has 0 aromatic carbocycles. The molecule has 1 heterocycles. The van der Waals surface area contributed by atoms with Gasteiger partial charge in [-0.25, -0.2) is 4.98 Å². The number of aromatic nitrogens is 1. The first kappa shape index (κ1) is 13.7. The van der Waals surface area contributed by atoms with Crippen molar-refractivity contribution in [2.45, 2.75) is 0 Å². The van der Waals surface area contributed by atoms with E-state index in [0.717, 1.165) is 10.7 Å². The minimum atomic E-state index is -3.43. The Labute approximate surface area is 107 Å². The molecule has 0 fully saturated rings. The minimum absolute atomic E-state index is 0.0678. The molecule has 0 N–H and O–H groups in total. The molecule has 0 aliphatic rings. The second kappa shape index (κ2) is 5.81. The third kappa shape index (κ3) is 5.11. The molecule has 0 spiro atoms. The molecule has 8 heteroatoms. The van der Waals surface area contributed by atoms with Crippen LogP contribution in [0.1, 0.15) is 0 Å². The smallest absolute Gasteiger partial charge is 0.264 e. The average molecular weight is 331 g/mol. The van der Waals surface area contributed by atoms with Crippen molar-refractivity contribution in [1.29, 1.82) is 0 Å². The number of nitrogens with zero attached hydrogens (tertiary/aromatic N) is 1. The van der Waals surface area contributed by atoms with Gasteiger partial charge >= 0.3 is 0 Å². The van der Waals surface area contributed by atoms with Gasteiger partial charge in [0.15, 0.2) is 10.9 Å². The van der Waals surface area contributed by atoms with Crippen molar-refractivity contribution < 1.29 is 17.3 Å². The van der Waals surface area contributed by atoms with E-state index in [2.05, 4.69) is 25.1 Å². The zero-order valence-corrected chi connectivity index (χ0v) is 11.5. The Bertz CT molecular complexity index is 465. The maximum atomic E-state index is 10.6. The van der Waals surface area contributed by atoms with E-state index in [0.29, 0.717) is 5.75 Å². The lowest BCUT2D eigenvalue weighted by Gasteiger charge is -2.07. The van der Waals surface area contributed by atoms with Crippen LogP contribution in [0.15, 0.2) is 16.7 Å². The highest BCUT2D eigenvalue weighted by atomic mass is 79.9. The fraction of sp³-hybridized carbons (Fsp3) is 0.375. The van der Waals surface area contributed by atoms with Gasteiger partial charge in [0.1, 0.15) is 13.2 Å². The molecule has 0 atom stereocenters. The number of hydrogen-bond donors (Lipinski definition) is 0. The van der Waals surface area contributed by atoms with Gasteiger partial charge in [-0.05, 0) is 22.0 Å². The number of halogens is 2. The number of pyridine rings is 1. The Balaban J connectivity index is 2.46. The van der Waals surface area contributed by atoms with Crippen LogP contribution in [-0.2, 0) is 14.3 Å². The Morgan fingerprint density at radius 1 is 1.50 bits per heavy atom. The summed E-state index contributed by atoms with van der Waals surface area (Å²) >= 11 is 8.96. The third-order valence-electron chi connectivity index (χ3n) is 1.41. The summed E-state index contributed by atoms with van der Waals surface area (Å²) in [6, 6.07) is 1.63. The lowest BCUT2D eigenvalue weighted by Crippen LogP contribution is -2.11. The zero-order chi connectivity index (χ0) is 12.2. The number of rotatable bonds is 5. The Kier molecular flexibility index (Phi) is 4.97. The van der Waals surface area contributed by atoms with Gasteiger partial charge in [0.25, 0.3) is 10.1 Å². The van der Waals surface area contributed by atoms with Crippen LogP contribution in [-0.4, -0.2) is 32.9 Å². The molecule has 0 amide bonds. The summed E-state index contributed by atoms with van der Waals surface area (Å²) in [5, 5.41) is 0.211. The van der Waals surface area contributed by atoms with Crippen LogP contribution >= 0.6 is 27.5 Å². The van der Waals surface area contributed by atoms with Gasteiger partial charge in [0.2, 0.25) is 0 Å². The van der Waals surface area contributed by atoms with Crippen LogP contribution in [0.3, 0.4) is 0 Å². The second-order valence-electron chi connectivity index (χ2n) is 2.82. The van der Waals surface area contributed by atoms with Crippen molar-refractivity contribution >= 4 is 37.6 Å². The highest BCUT2D eigenvalue weighted by Gasteiger charge is 2.05. The lowest BCUT2D eigenvalue weighted by atomic mass is 10.5. The summed E-state index contributed by atoms with van der Waals surface area (Å²) in [5.41, 5.74) is 0. The molecule has 0 unspecified atom stereocenters. The van der Waals surface area contributed by atoms with Crippen molar-refractivity contribution in [3.63, 3.8) is 0 Å². The summed E-state index contributed by atoms with van der Waals surface area (Å²) in [7, 11) is -3.43. The monoisotopic (exact) mass is 329 g/mol. The molecule has 5 nitrogen and oxygen atoms in total. The average Bonchev–Trinajstić information content (AvgIpc) is 2.16. The van der Waals surface area contributed by atoms with E-state index in [1.807, 2.05) is 0 Å². The Morgan fingerprint density at radius 2 is 2.19 bits per heavy atom. The van der Waals surface area contributed by atoms with E-state index >= 15 is 0 Å². The highest BCUT2D eigenvalue weighted by Crippen LogP contribution is 2.25. The highest BCUT2D eigenvalue weighted by molar-refractivity contribution is 9.10. The lowest BCUT2D eigenvalue weighted by molar-refractivity contribution is 0.222. The Morgan fingerprint density at radius 3 is 2.81 bits per heavy atom. The fourth-order valence-corrected chi connectivity index (χ4v) is 1.68. The van der Waals surface area contributed by atoms with Crippen LogP contribution < -0.4 is 4.74 Å². The first-order chi connectivity index (χ1) is 7.38. The van der Waals surface area contributed by atoms with Gasteiger partial charge in [-0.3, -0.25) is 4.18 Å². The van der Waals surface area contributed by atoms with Gasteiger partial charge in [-0.2, -0.15) is 8.42 Å². The van der Waals surface area contributed by atoms with Crippen molar-refractivity contribution in [2.75, 3.05) is 19.5 Å². The molecule has 0 aliphatic carbocycles. The topological polar surface area (TPSA) is 65.5 Å². The predicted octanol–water partition coefficient (Wildman–Crippen LogP) is 1.85. The molecule has 0 saturated carbocycles. The van der Waals surface area contributed by atoms with Gasteiger partial charge in [-0.15, -0.1) is 0 Å². The maximum Gasteiger partial charge on any atom is 0.264 e. The summed E-state index contributed by atoms with van der Waals surface area (Å²) in [5.74, 6) is 0.369. The number of hydrogen-bond acceptors (Lipinski definition) is 5. The zero-order valence-electron chi connectivity index (χ0n) is 8.31. The molecule has 16 heavy (non-hydrogen) atoms. The summed E-state index contributed by atoms with van der Waals surface area (Å²) in [6.07, 6.45) is 2.50. The Hall–Kier alpha value is -0.370. The molecule has 0 radical (unpaired) electrons.